The number of carbonyl (C=O) groups excluding carboxylic acids is 2. The molecule has 1 N–H and O–H groups in total. The van der Waals surface area contributed by atoms with Crippen LogP contribution in [0.3, 0.4) is 0 Å². The predicted molar refractivity (Wildman–Crippen MR) is 137 cm³/mol. The number of benzene rings is 1. The van der Waals surface area contributed by atoms with Gasteiger partial charge >= 0.3 is 0 Å². The van der Waals surface area contributed by atoms with Gasteiger partial charge in [0.2, 0.25) is 5.91 Å². The van der Waals surface area contributed by atoms with Crippen LogP contribution in [0.15, 0.2) is 18.2 Å². The van der Waals surface area contributed by atoms with Gasteiger partial charge in [0.25, 0.3) is 5.91 Å². The topological polar surface area (TPSA) is 73.7 Å². The largest absolute Gasteiger partial charge is 0.368 e. The van der Waals surface area contributed by atoms with E-state index in [1.54, 1.807) is 0 Å². The van der Waals surface area contributed by atoms with Crippen molar-refractivity contribution in [1.82, 2.24) is 24.9 Å². The number of hydrogen-bond acceptors (Lipinski definition) is 5. The molecular formula is C28H36N6O2. The Kier molecular flexibility index (Phi) is 5.17. The molecule has 4 heterocycles. The summed E-state index contributed by atoms with van der Waals surface area (Å²) >= 11 is 0. The van der Waals surface area contributed by atoms with Gasteiger partial charge in [0.05, 0.1) is 0 Å². The van der Waals surface area contributed by atoms with E-state index in [4.69, 9.17) is 5.10 Å². The van der Waals surface area contributed by atoms with Crippen LogP contribution in [-0.2, 0) is 17.8 Å². The van der Waals surface area contributed by atoms with E-state index in [0.717, 1.165) is 69.9 Å². The van der Waals surface area contributed by atoms with E-state index in [2.05, 4.69) is 42.3 Å². The zero-order chi connectivity index (χ0) is 24.6. The number of aryl methyl sites for hydroxylation is 1. The summed E-state index contributed by atoms with van der Waals surface area (Å²) in [7, 11) is 0. The Bertz CT molecular complexity index is 1230. The highest BCUT2D eigenvalue weighted by molar-refractivity contribution is 5.95. The van der Waals surface area contributed by atoms with Crippen LogP contribution in [0.2, 0.25) is 0 Å². The minimum absolute atomic E-state index is 0.0810. The number of piperazine rings is 1. The summed E-state index contributed by atoms with van der Waals surface area (Å²) < 4.78 is 1.88. The molecule has 2 aliphatic carbocycles. The Morgan fingerprint density at radius 1 is 1.06 bits per heavy atom. The van der Waals surface area contributed by atoms with Crippen LogP contribution >= 0.6 is 0 Å². The molecular weight excluding hydrogens is 452 g/mol. The molecule has 5 aliphatic rings. The third-order valence-electron chi connectivity index (χ3n) is 9.55. The van der Waals surface area contributed by atoms with Crippen molar-refractivity contribution in [3.05, 3.63) is 46.3 Å². The molecule has 2 unspecified atom stereocenters. The van der Waals surface area contributed by atoms with Crippen molar-refractivity contribution in [3.63, 3.8) is 0 Å². The third-order valence-corrected chi connectivity index (χ3v) is 9.55. The second kappa shape index (κ2) is 8.33. The third kappa shape index (κ3) is 3.56. The zero-order valence-electron chi connectivity index (χ0n) is 21.4. The molecule has 4 atom stereocenters. The lowest BCUT2D eigenvalue weighted by atomic mass is 9.85. The maximum absolute atomic E-state index is 13.6. The van der Waals surface area contributed by atoms with Crippen LogP contribution in [-0.4, -0.2) is 83.2 Å². The number of likely N-dealkylation sites (tertiary alicyclic amines) is 1. The Morgan fingerprint density at radius 2 is 1.89 bits per heavy atom. The van der Waals surface area contributed by atoms with Gasteiger partial charge in [-0.1, -0.05) is 12.1 Å². The van der Waals surface area contributed by atoms with Gasteiger partial charge in [-0.2, -0.15) is 5.10 Å². The Balaban J connectivity index is 1.05. The number of aromatic nitrogens is 2. The van der Waals surface area contributed by atoms with Crippen LogP contribution in [0.1, 0.15) is 51.6 Å². The molecule has 0 spiro atoms. The number of nitrogens with one attached hydrogen (secondary N) is 1. The van der Waals surface area contributed by atoms with Crippen molar-refractivity contribution in [2.75, 3.05) is 50.7 Å². The lowest BCUT2D eigenvalue weighted by molar-refractivity contribution is -0.132. The maximum atomic E-state index is 13.6. The fourth-order valence-corrected chi connectivity index (χ4v) is 6.97. The average Bonchev–Trinajstić information content (AvgIpc) is 3.39. The molecule has 2 aromatic rings. The average molecular weight is 489 g/mol. The van der Waals surface area contributed by atoms with Crippen LogP contribution in [0, 0.1) is 25.7 Å². The zero-order valence-corrected chi connectivity index (χ0v) is 21.4. The maximum Gasteiger partial charge on any atom is 0.274 e. The predicted octanol–water partition coefficient (Wildman–Crippen LogP) is 1.94. The van der Waals surface area contributed by atoms with Crippen molar-refractivity contribution in [3.8, 4) is 0 Å². The molecule has 1 aromatic heterocycles. The van der Waals surface area contributed by atoms with E-state index in [9.17, 15) is 9.59 Å². The van der Waals surface area contributed by atoms with Crippen molar-refractivity contribution in [2.45, 2.75) is 51.6 Å². The smallest absolute Gasteiger partial charge is 0.274 e. The summed E-state index contributed by atoms with van der Waals surface area (Å²) in [5, 5.41) is 8.29. The van der Waals surface area contributed by atoms with Gasteiger partial charge in [0.1, 0.15) is 6.54 Å². The number of carbonyl (C=O) groups is 2. The second-order valence-electron chi connectivity index (χ2n) is 11.6. The molecule has 7 rings (SSSR count). The highest BCUT2D eigenvalue weighted by Gasteiger charge is 2.51. The summed E-state index contributed by atoms with van der Waals surface area (Å²) in [5.74, 6) is 1.90. The number of rotatable bonds is 4. The van der Waals surface area contributed by atoms with Gasteiger partial charge in [0, 0.05) is 74.7 Å². The van der Waals surface area contributed by atoms with Crippen molar-refractivity contribution >= 4 is 17.5 Å². The number of anilines is 1. The Morgan fingerprint density at radius 3 is 2.64 bits per heavy atom. The fourth-order valence-electron chi connectivity index (χ4n) is 6.97. The number of piperidine rings is 1. The van der Waals surface area contributed by atoms with Crippen molar-refractivity contribution < 1.29 is 9.59 Å². The molecule has 0 radical (unpaired) electrons. The lowest BCUT2D eigenvalue weighted by Gasteiger charge is -2.46. The molecule has 190 valence electrons. The molecule has 8 nitrogen and oxygen atoms in total. The molecule has 1 saturated carbocycles. The normalized spacial score (nSPS) is 28.3. The molecule has 1 aromatic carbocycles. The van der Waals surface area contributed by atoms with Gasteiger partial charge in [0.15, 0.2) is 5.69 Å². The van der Waals surface area contributed by atoms with Gasteiger partial charge < -0.3 is 20.0 Å². The monoisotopic (exact) mass is 488 g/mol. The minimum Gasteiger partial charge on any atom is -0.368 e. The van der Waals surface area contributed by atoms with Crippen molar-refractivity contribution in [1.29, 1.82) is 0 Å². The van der Waals surface area contributed by atoms with Crippen LogP contribution in [0.4, 0.5) is 5.69 Å². The van der Waals surface area contributed by atoms with Gasteiger partial charge in [-0.25, -0.2) is 0 Å². The quantitative estimate of drug-likeness (QED) is 0.712. The summed E-state index contributed by atoms with van der Waals surface area (Å²) in [5.41, 5.74) is 6.83. The summed E-state index contributed by atoms with van der Waals surface area (Å²) in [6, 6.07) is 7.03. The number of nitrogens with zero attached hydrogens (tertiary/aromatic N) is 5. The molecule has 0 bridgehead atoms. The highest BCUT2D eigenvalue weighted by atomic mass is 16.2. The first-order valence-corrected chi connectivity index (χ1v) is 13.7. The first kappa shape index (κ1) is 22.3. The molecule has 4 fully saturated rings. The van der Waals surface area contributed by atoms with Crippen molar-refractivity contribution in [2.24, 2.45) is 11.8 Å². The lowest BCUT2D eigenvalue weighted by Crippen LogP contribution is -2.62. The first-order chi connectivity index (χ1) is 17.5. The summed E-state index contributed by atoms with van der Waals surface area (Å²) in [6.45, 7) is 10.3. The Hall–Kier alpha value is -2.87. The summed E-state index contributed by atoms with van der Waals surface area (Å²) in [6.07, 6.45) is 3.16. The Labute approximate surface area is 212 Å². The molecule has 3 saturated heterocycles. The van der Waals surface area contributed by atoms with E-state index in [0.29, 0.717) is 29.5 Å². The highest BCUT2D eigenvalue weighted by Crippen LogP contribution is 2.57. The molecule has 8 heteroatoms. The van der Waals surface area contributed by atoms with Gasteiger partial charge in [-0.15, -0.1) is 0 Å². The van der Waals surface area contributed by atoms with E-state index in [1.165, 1.54) is 23.2 Å². The van der Waals surface area contributed by atoms with Crippen LogP contribution in [0.5, 0.6) is 0 Å². The second-order valence-corrected chi connectivity index (χ2v) is 11.6. The van der Waals surface area contributed by atoms with Crippen LogP contribution < -0.4 is 10.2 Å². The van der Waals surface area contributed by atoms with Gasteiger partial charge in [-0.3, -0.25) is 14.3 Å². The van der Waals surface area contributed by atoms with E-state index in [-0.39, 0.29) is 18.4 Å². The van der Waals surface area contributed by atoms with E-state index >= 15 is 0 Å². The molecule has 3 aliphatic heterocycles. The van der Waals surface area contributed by atoms with Crippen LogP contribution in [0.25, 0.3) is 0 Å². The fraction of sp³-hybridized carbons (Fsp3) is 0.607. The molecule has 36 heavy (non-hydrogen) atoms. The minimum atomic E-state index is 0.0810. The van der Waals surface area contributed by atoms with E-state index in [1.807, 2.05) is 14.5 Å². The van der Waals surface area contributed by atoms with E-state index < -0.39 is 0 Å². The number of hydrogen-bond donors (Lipinski definition) is 1. The van der Waals surface area contributed by atoms with Gasteiger partial charge in [-0.05, 0) is 62.1 Å². The molecule has 2 amide bonds. The SMILES string of the molecule is Cc1cccc(N2CCN(C(=O)Cn3nc(C(=O)N4CCC5NCC5C4)c4c3C[C@H]3C[C@@H]43)CC2)c1C. The standard InChI is InChI=1S/C28H36N6O2/c1-17-4-3-5-23(18(17)2)31-8-10-32(11-9-31)25(35)16-34-24-13-19-12-21(19)26(24)27(30-34)28(36)33-7-6-22-20(15-33)14-29-22/h3-5,19-22,29H,6-16H2,1-2H3/t19-,20?,21-,22?/m1/s1. The number of amides is 2. The first-order valence-electron chi connectivity index (χ1n) is 13.7. The summed E-state index contributed by atoms with van der Waals surface area (Å²) in [4.78, 5) is 33.3. The number of fused-ring (bicyclic) bond motifs is 4.